The molecule has 0 radical (unpaired) electrons. The van der Waals surface area contributed by atoms with Crippen molar-refractivity contribution in [3.05, 3.63) is 65.7 Å². The smallest absolute Gasteiger partial charge is 0.237 e. The molecule has 98 valence electrons. The SMILES string of the molecule is N=C=Nc1ccc(C(N)(N=C=O)c2ccccc2)cc1. The molecule has 2 rings (SSSR count). The van der Waals surface area contributed by atoms with Gasteiger partial charge in [0.1, 0.15) is 0 Å². The monoisotopic (exact) mass is 264 g/mol. The van der Waals surface area contributed by atoms with Gasteiger partial charge < -0.3 is 0 Å². The van der Waals surface area contributed by atoms with Crippen molar-refractivity contribution < 1.29 is 4.79 Å². The van der Waals surface area contributed by atoms with Gasteiger partial charge in [0.15, 0.2) is 5.66 Å². The van der Waals surface area contributed by atoms with Gasteiger partial charge in [-0.2, -0.15) is 9.98 Å². The van der Waals surface area contributed by atoms with Gasteiger partial charge in [-0.1, -0.05) is 42.5 Å². The van der Waals surface area contributed by atoms with E-state index in [1.807, 2.05) is 24.2 Å². The Morgan fingerprint density at radius 2 is 1.60 bits per heavy atom. The Balaban J connectivity index is 2.53. The molecule has 2 aromatic carbocycles. The van der Waals surface area contributed by atoms with Crippen LogP contribution in [0.2, 0.25) is 0 Å². The molecule has 5 heteroatoms. The first kappa shape index (κ1) is 13.6. The molecule has 0 heterocycles. The van der Waals surface area contributed by atoms with Crippen molar-refractivity contribution >= 4 is 17.8 Å². The molecule has 0 saturated carbocycles. The number of carbonyl (C=O) groups excluding carboxylic acids is 1. The average molecular weight is 264 g/mol. The highest BCUT2D eigenvalue weighted by Crippen LogP contribution is 2.29. The van der Waals surface area contributed by atoms with E-state index in [1.54, 1.807) is 36.4 Å². The quantitative estimate of drug-likeness (QED) is 0.656. The molecule has 0 aliphatic rings. The van der Waals surface area contributed by atoms with Crippen molar-refractivity contribution in [1.82, 2.24) is 0 Å². The number of aliphatic imine (C=N–C) groups is 2. The molecule has 20 heavy (non-hydrogen) atoms. The lowest BCUT2D eigenvalue weighted by atomic mass is 9.92. The molecule has 5 nitrogen and oxygen atoms in total. The maximum Gasteiger partial charge on any atom is 0.237 e. The fourth-order valence-electron chi connectivity index (χ4n) is 1.91. The number of rotatable bonds is 4. The van der Waals surface area contributed by atoms with Gasteiger partial charge in [-0.3, -0.25) is 5.73 Å². The summed E-state index contributed by atoms with van der Waals surface area (Å²) in [4.78, 5) is 18.2. The van der Waals surface area contributed by atoms with Crippen molar-refractivity contribution in [3.63, 3.8) is 0 Å². The zero-order chi connectivity index (χ0) is 14.4. The highest BCUT2D eigenvalue weighted by Gasteiger charge is 2.29. The van der Waals surface area contributed by atoms with Gasteiger partial charge in [0.2, 0.25) is 6.08 Å². The van der Waals surface area contributed by atoms with Crippen molar-refractivity contribution in [1.29, 1.82) is 5.41 Å². The summed E-state index contributed by atoms with van der Waals surface area (Å²) in [6.07, 6.45) is 1.53. The Labute approximate surface area is 116 Å². The molecular formula is C15H12N4O. The normalized spacial score (nSPS) is 12.7. The van der Waals surface area contributed by atoms with Gasteiger partial charge in [-0.05, 0) is 23.3 Å². The third-order valence-corrected chi connectivity index (χ3v) is 2.93. The topological polar surface area (TPSA) is 91.7 Å². The van der Waals surface area contributed by atoms with Gasteiger partial charge in [0.05, 0.1) is 11.7 Å². The molecule has 0 aliphatic heterocycles. The second kappa shape index (κ2) is 5.87. The van der Waals surface area contributed by atoms with Crippen molar-refractivity contribution in [2.45, 2.75) is 5.66 Å². The van der Waals surface area contributed by atoms with Gasteiger partial charge in [0, 0.05) is 0 Å². The van der Waals surface area contributed by atoms with E-state index < -0.39 is 5.66 Å². The van der Waals surface area contributed by atoms with Crippen LogP contribution in [0.15, 0.2) is 64.6 Å². The maximum absolute atomic E-state index is 10.7. The minimum atomic E-state index is -1.28. The molecule has 0 aliphatic carbocycles. The Hall–Kier alpha value is -2.84. The molecule has 1 atom stereocenters. The largest absolute Gasteiger partial charge is 0.299 e. The third kappa shape index (κ3) is 2.60. The van der Waals surface area contributed by atoms with Crippen LogP contribution >= 0.6 is 0 Å². The molecule has 0 fully saturated rings. The zero-order valence-corrected chi connectivity index (χ0v) is 10.6. The first-order valence-electron chi connectivity index (χ1n) is 5.87. The van der Waals surface area contributed by atoms with E-state index in [0.717, 1.165) is 0 Å². The number of isocyanates is 1. The highest BCUT2D eigenvalue weighted by molar-refractivity contribution is 5.52. The lowest BCUT2D eigenvalue weighted by molar-refractivity contribution is 0.529. The number of hydrogen-bond donors (Lipinski definition) is 2. The third-order valence-electron chi connectivity index (χ3n) is 2.93. The van der Waals surface area contributed by atoms with E-state index in [1.165, 1.54) is 6.08 Å². The van der Waals surface area contributed by atoms with Crippen LogP contribution in [-0.4, -0.2) is 12.1 Å². The van der Waals surface area contributed by atoms with E-state index in [9.17, 15) is 4.79 Å². The fourth-order valence-corrected chi connectivity index (χ4v) is 1.91. The summed E-state index contributed by atoms with van der Waals surface area (Å²) in [6.45, 7) is 0. The zero-order valence-electron chi connectivity index (χ0n) is 10.6. The van der Waals surface area contributed by atoms with E-state index in [4.69, 9.17) is 11.1 Å². The number of benzene rings is 2. The van der Waals surface area contributed by atoms with Crippen LogP contribution in [-0.2, 0) is 10.5 Å². The lowest BCUT2D eigenvalue weighted by Crippen LogP contribution is -2.35. The van der Waals surface area contributed by atoms with E-state index >= 15 is 0 Å². The summed E-state index contributed by atoms with van der Waals surface area (Å²) >= 11 is 0. The summed E-state index contributed by atoms with van der Waals surface area (Å²) < 4.78 is 0. The summed E-state index contributed by atoms with van der Waals surface area (Å²) in [7, 11) is 0. The number of nitrogens with two attached hydrogens (primary N) is 1. The number of hydrogen-bond acceptors (Lipinski definition) is 5. The molecule has 0 spiro atoms. The van der Waals surface area contributed by atoms with Crippen LogP contribution in [0, 0.1) is 5.41 Å². The van der Waals surface area contributed by atoms with Crippen molar-refractivity contribution in [3.8, 4) is 0 Å². The predicted octanol–water partition coefficient (Wildman–Crippen LogP) is 2.57. The summed E-state index contributed by atoms with van der Waals surface area (Å²) in [6, 6.07) is 17.8. The first-order valence-corrected chi connectivity index (χ1v) is 5.87. The Kier molecular flexibility index (Phi) is 3.99. The maximum atomic E-state index is 10.7. The second-order valence-corrected chi connectivity index (χ2v) is 4.11. The van der Waals surface area contributed by atoms with Crippen LogP contribution in [0.3, 0.4) is 0 Å². The Morgan fingerprint density at radius 1 is 1.00 bits per heavy atom. The predicted molar refractivity (Wildman–Crippen MR) is 75.8 cm³/mol. The van der Waals surface area contributed by atoms with Gasteiger partial charge in [0.25, 0.3) is 0 Å². The van der Waals surface area contributed by atoms with E-state index in [-0.39, 0.29) is 0 Å². The minimum absolute atomic E-state index is 0.578. The van der Waals surface area contributed by atoms with Gasteiger partial charge in [-0.25, -0.2) is 10.2 Å². The lowest BCUT2D eigenvalue weighted by Gasteiger charge is -2.24. The average Bonchev–Trinajstić information content (AvgIpc) is 2.49. The molecule has 2 aromatic rings. The molecule has 0 bridgehead atoms. The van der Waals surface area contributed by atoms with Crippen LogP contribution in [0.5, 0.6) is 0 Å². The molecule has 1 unspecified atom stereocenters. The summed E-state index contributed by atoms with van der Waals surface area (Å²) in [5.41, 5.74) is 6.88. The standard InChI is InChI=1S/C15H12N4O/c16-10-18-14-8-6-13(7-9-14)15(17,19-11-20)12-4-2-1-3-5-12/h1-9,16H,17H2. The van der Waals surface area contributed by atoms with E-state index in [2.05, 4.69) is 9.98 Å². The van der Waals surface area contributed by atoms with Crippen LogP contribution in [0.4, 0.5) is 5.69 Å². The molecule has 3 N–H and O–H groups in total. The highest BCUT2D eigenvalue weighted by atomic mass is 16.1. The van der Waals surface area contributed by atoms with Gasteiger partial charge in [-0.15, -0.1) is 0 Å². The number of nitrogens with zero attached hydrogens (tertiary/aromatic N) is 2. The number of nitrogens with one attached hydrogen (secondary N) is 1. The molecule has 0 aromatic heterocycles. The second-order valence-electron chi connectivity index (χ2n) is 4.11. The Morgan fingerprint density at radius 3 is 2.15 bits per heavy atom. The molecule has 0 amide bonds. The Bertz CT molecular complexity index is 684. The first-order chi connectivity index (χ1) is 9.70. The van der Waals surface area contributed by atoms with Crippen molar-refractivity contribution in [2.24, 2.45) is 15.7 Å². The van der Waals surface area contributed by atoms with E-state index in [0.29, 0.717) is 16.8 Å². The van der Waals surface area contributed by atoms with Crippen LogP contribution in [0.25, 0.3) is 0 Å². The fraction of sp³-hybridized carbons (Fsp3) is 0.0667. The minimum Gasteiger partial charge on any atom is -0.299 e. The van der Waals surface area contributed by atoms with Gasteiger partial charge >= 0.3 is 0 Å². The van der Waals surface area contributed by atoms with Crippen LogP contribution in [0.1, 0.15) is 11.1 Å². The van der Waals surface area contributed by atoms with Crippen LogP contribution < -0.4 is 5.73 Å². The summed E-state index contributed by atoms with van der Waals surface area (Å²) in [5.74, 6) is 0. The summed E-state index contributed by atoms with van der Waals surface area (Å²) in [5, 5.41) is 6.81. The molecular weight excluding hydrogens is 252 g/mol. The molecule has 0 saturated heterocycles. The van der Waals surface area contributed by atoms with Crippen molar-refractivity contribution in [2.75, 3.05) is 0 Å².